The maximum absolute atomic E-state index is 11.8. The van der Waals surface area contributed by atoms with E-state index in [4.69, 9.17) is 14.2 Å². The van der Waals surface area contributed by atoms with E-state index >= 15 is 0 Å². The van der Waals surface area contributed by atoms with Crippen LogP contribution in [0.25, 0.3) is 0 Å². The first-order valence-corrected chi connectivity index (χ1v) is 6.57. The van der Waals surface area contributed by atoms with Gasteiger partial charge in [0, 0.05) is 13.7 Å². The quantitative estimate of drug-likeness (QED) is 0.611. The maximum Gasteiger partial charge on any atom is 0.327 e. The van der Waals surface area contributed by atoms with Crippen molar-refractivity contribution in [1.82, 2.24) is 5.32 Å². The lowest BCUT2D eigenvalue weighted by molar-refractivity contribution is -0.143. The van der Waals surface area contributed by atoms with Gasteiger partial charge in [-0.2, -0.15) is 0 Å². The van der Waals surface area contributed by atoms with Crippen LogP contribution in [0.15, 0.2) is 22.7 Å². The highest BCUT2D eigenvalue weighted by Crippen LogP contribution is 2.28. The Kier molecular flexibility index (Phi) is 6.83. The molecule has 0 aliphatic heterocycles. The normalized spacial score (nSPS) is 12.0. The number of rotatable bonds is 7. The zero-order valence-electron chi connectivity index (χ0n) is 11.2. The van der Waals surface area contributed by atoms with E-state index in [-0.39, 0.29) is 5.97 Å². The third kappa shape index (κ3) is 4.49. The highest BCUT2D eigenvalue weighted by atomic mass is 79.9. The molecule has 0 aliphatic carbocycles. The molecule has 0 aromatic heterocycles. The molecule has 1 aromatic rings. The number of esters is 1. The van der Waals surface area contributed by atoms with Crippen LogP contribution in [0.1, 0.15) is 11.6 Å². The van der Waals surface area contributed by atoms with Gasteiger partial charge < -0.3 is 14.2 Å². The largest absolute Gasteiger partial charge is 0.496 e. The number of carbonyl (C=O) groups excluding carboxylic acids is 1. The van der Waals surface area contributed by atoms with Gasteiger partial charge in [0.25, 0.3) is 0 Å². The predicted octanol–water partition coefficient (Wildman–Crippen LogP) is 1.91. The lowest BCUT2D eigenvalue weighted by Crippen LogP contribution is -2.32. The van der Waals surface area contributed by atoms with Crippen LogP contribution in [0, 0.1) is 0 Å². The number of methoxy groups -OCH3 is 3. The number of benzene rings is 1. The van der Waals surface area contributed by atoms with E-state index in [9.17, 15) is 4.79 Å². The van der Waals surface area contributed by atoms with Crippen LogP contribution in [0.5, 0.6) is 5.75 Å². The third-order valence-electron chi connectivity index (χ3n) is 2.60. The second kappa shape index (κ2) is 8.14. The van der Waals surface area contributed by atoms with Crippen molar-refractivity contribution in [2.24, 2.45) is 0 Å². The minimum absolute atomic E-state index is 0.340. The summed E-state index contributed by atoms with van der Waals surface area (Å²) in [5.41, 5.74) is 0.802. The molecule has 1 atom stereocenters. The Balaban J connectivity index is 2.90. The Morgan fingerprint density at radius 3 is 2.63 bits per heavy atom. The molecular weight excluding hydrogens is 314 g/mol. The van der Waals surface area contributed by atoms with Crippen LogP contribution in [0.3, 0.4) is 0 Å². The van der Waals surface area contributed by atoms with E-state index in [2.05, 4.69) is 21.2 Å². The van der Waals surface area contributed by atoms with Gasteiger partial charge in [-0.05, 0) is 33.6 Å². The summed E-state index contributed by atoms with van der Waals surface area (Å²) in [5, 5.41) is 3.09. The topological polar surface area (TPSA) is 56.8 Å². The molecule has 0 saturated carbocycles. The highest BCUT2D eigenvalue weighted by Gasteiger charge is 2.21. The fourth-order valence-electron chi connectivity index (χ4n) is 1.62. The van der Waals surface area contributed by atoms with Crippen molar-refractivity contribution in [3.63, 3.8) is 0 Å². The Morgan fingerprint density at radius 1 is 1.37 bits per heavy atom. The summed E-state index contributed by atoms with van der Waals surface area (Å²) in [6.07, 6.45) is 0. The van der Waals surface area contributed by atoms with Crippen LogP contribution >= 0.6 is 15.9 Å². The van der Waals surface area contributed by atoms with Crippen molar-refractivity contribution in [3.8, 4) is 5.75 Å². The molecule has 6 heteroatoms. The Labute approximate surface area is 121 Å². The van der Waals surface area contributed by atoms with Crippen LogP contribution < -0.4 is 10.1 Å². The van der Waals surface area contributed by atoms with Gasteiger partial charge in [0.05, 0.1) is 25.3 Å². The Hall–Kier alpha value is -1.11. The molecular formula is C13H18BrNO4. The average Bonchev–Trinajstić information content (AvgIpc) is 2.43. The summed E-state index contributed by atoms with van der Waals surface area (Å²) in [5.74, 6) is 0.373. The van der Waals surface area contributed by atoms with Crippen molar-refractivity contribution in [3.05, 3.63) is 28.2 Å². The first kappa shape index (κ1) is 15.9. The number of ether oxygens (including phenoxy) is 3. The van der Waals surface area contributed by atoms with Gasteiger partial charge in [-0.1, -0.05) is 6.07 Å². The molecule has 1 N–H and O–H groups in total. The third-order valence-corrected chi connectivity index (χ3v) is 3.22. The molecule has 0 fully saturated rings. The molecule has 106 valence electrons. The van der Waals surface area contributed by atoms with Gasteiger partial charge >= 0.3 is 5.97 Å². The van der Waals surface area contributed by atoms with Crippen LogP contribution in [0.4, 0.5) is 0 Å². The summed E-state index contributed by atoms with van der Waals surface area (Å²) in [7, 11) is 4.57. The molecule has 0 amide bonds. The highest BCUT2D eigenvalue weighted by molar-refractivity contribution is 9.10. The molecule has 0 spiro atoms. The van der Waals surface area contributed by atoms with Crippen LogP contribution in [-0.2, 0) is 14.3 Å². The number of nitrogens with one attached hydrogen (secondary N) is 1. The van der Waals surface area contributed by atoms with Gasteiger partial charge in [0.1, 0.15) is 11.8 Å². The number of halogens is 1. The molecule has 0 aliphatic rings. The summed E-state index contributed by atoms with van der Waals surface area (Å²) < 4.78 is 15.7. The van der Waals surface area contributed by atoms with Gasteiger partial charge in [-0.15, -0.1) is 0 Å². The molecule has 0 bridgehead atoms. The van der Waals surface area contributed by atoms with E-state index in [1.54, 1.807) is 20.3 Å². The van der Waals surface area contributed by atoms with E-state index in [1.807, 2.05) is 12.1 Å². The molecule has 5 nitrogen and oxygen atoms in total. The summed E-state index contributed by atoms with van der Waals surface area (Å²) in [4.78, 5) is 11.8. The molecule has 0 radical (unpaired) electrons. The zero-order valence-corrected chi connectivity index (χ0v) is 12.8. The minimum Gasteiger partial charge on any atom is -0.496 e. The lowest BCUT2D eigenvalue weighted by Gasteiger charge is -2.17. The smallest absolute Gasteiger partial charge is 0.327 e. The fraction of sp³-hybridized carbons (Fsp3) is 0.462. The minimum atomic E-state index is -0.526. The summed E-state index contributed by atoms with van der Waals surface area (Å²) in [6, 6.07) is 4.93. The molecule has 1 aromatic carbocycles. The van der Waals surface area contributed by atoms with Gasteiger partial charge in [0.15, 0.2) is 0 Å². The lowest BCUT2D eigenvalue weighted by atomic mass is 10.1. The van der Waals surface area contributed by atoms with E-state index in [0.717, 1.165) is 10.0 Å². The van der Waals surface area contributed by atoms with Crippen molar-refractivity contribution < 1.29 is 19.0 Å². The number of hydrogen-bond acceptors (Lipinski definition) is 5. The Bertz CT molecular complexity index is 425. The standard InChI is InChI=1S/C13H18BrNO4/c1-17-7-6-15-12(13(16)19-3)9-4-5-11(18-2)10(14)8-9/h4-5,8,12,15H,6-7H2,1-3H3. The first-order valence-electron chi connectivity index (χ1n) is 5.77. The van der Waals surface area contributed by atoms with Crippen LogP contribution in [0.2, 0.25) is 0 Å². The van der Waals surface area contributed by atoms with Crippen LogP contribution in [-0.4, -0.2) is 40.5 Å². The van der Waals surface area contributed by atoms with Gasteiger partial charge in [-0.3, -0.25) is 5.32 Å². The van der Waals surface area contributed by atoms with E-state index in [1.165, 1.54) is 7.11 Å². The summed E-state index contributed by atoms with van der Waals surface area (Å²) >= 11 is 3.40. The second-order valence-corrected chi connectivity index (χ2v) is 4.65. The van der Waals surface area contributed by atoms with Crippen molar-refractivity contribution >= 4 is 21.9 Å². The van der Waals surface area contributed by atoms with Crippen molar-refractivity contribution in [2.45, 2.75) is 6.04 Å². The molecule has 1 unspecified atom stereocenters. The number of hydrogen-bond donors (Lipinski definition) is 1. The summed E-state index contributed by atoms with van der Waals surface area (Å²) in [6.45, 7) is 1.07. The molecule has 19 heavy (non-hydrogen) atoms. The maximum atomic E-state index is 11.8. The van der Waals surface area contributed by atoms with E-state index in [0.29, 0.717) is 18.9 Å². The fourth-order valence-corrected chi connectivity index (χ4v) is 2.18. The van der Waals surface area contributed by atoms with E-state index < -0.39 is 6.04 Å². The predicted molar refractivity (Wildman–Crippen MR) is 75.3 cm³/mol. The number of carbonyl (C=O) groups is 1. The molecule has 0 heterocycles. The SMILES string of the molecule is COCCNC(C(=O)OC)c1ccc(OC)c(Br)c1. The van der Waals surface area contributed by atoms with Crippen molar-refractivity contribution in [1.29, 1.82) is 0 Å². The van der Waals surface area contributed by atoms with Gasteiger partial charge in [-0.25, -0.2) is 4.79 Å². The second-order valence-electron chi connectivity index (χ2n) is 3.80. The van der Waals surface area contributed by atoms with Gasteiger partial charge in [0.2, 0.25) is 0 Å². The zero-order chi connectivity index (χ0) is 14.3. The average molecular weight is 332 g/mol. The molecule has 1 rings (SSSR count). The Morgan fingerprint density at radius 2 is 2.11 bits per heavy atom. The van der Waals surface area contributed by atoms with Crippen molar-refractivity contribution in [2.75, 3.05) is 34.5 Å². The molecule has 0 saturated heterocycles. The first-order chi connectivity index (χ1) is 9.13. The monoisotopic (exact) mass is 331 g/mol.